The average molecular weight is 329 g/mol. The van der Waals surface area contributed by atoms with Gasteiger partial charge in [0, 0.05) is 40.7 Å². The Morgan fingerprint density at radius 3 is 2.83 bits per heavy atom. The first-order valence-corrected chi connectivity index (χ1v) is 9.27. The summed E-state index contributed by atoms with van der Waals surface area (Å²) in [5.74, 6) is 0.898. The van der Waals surface area contributed by atoms with Crippen LogP contribution in [-0.4, -0.2) is 28.2 Å². The predicted molar refractivity (Wildman–Crippen MR) is 93.7 cm³/mol. The summed E-state index contributed by atoms with van der Waals surface area (Å²) in [5, 5.41) is 14.4. The number of phenolic OH excluding ortho intramolecular Hbond substituents is 1. The molecule has 1 aromatic heterocycles. The second-order valence-electron chi connectivity index (χ2n) is 6.85. The lowest BCUT2D eigenvalue weighted by Gasteiger charge is -2.27. The van der Waals surface area contributed by atoms with Gasteiger partial charge in [-0.1, -0.05) is 12.1 Å². The molecule has 1 aromatic carbocycles. The second-order valence-corrected chi connectivity index (χ2v) is 7.91. The van der Waals surface area contributed by atoms with Gasteiger partial charge in [0.25, 0.3) is 0 Å². The number of aromatic nitrogens is 1. The van der Waals surface area contributed by atoms with Crippen LogP contribution in [0.3, 0.4) is 0 Å². The third kappa shape index (κ3) is 3.42. The molecule has 0 saturated heterocycles. The molecule has 4 nitrogen and oxygen atoms in total. The van der Waals surface area contributed by atoms with Crippen LogP contribution < -0.4 is 11.1 Å². The van der Waals surface area contributed by atoms with E-state index in [1.165, 1.54) is 24.1 Å². The third-order valence-corrected chi connectivity index (χ3v) is 6.17. The number of hydrogen-bond donors (Lipinski definition) is 3. The van der Waals surface area contributed by atoms with Crippen molar-refractivity contribution in [1.82, 2.24) is 10.3 Å². The number of hydrogen-bond acceptors (Lipinski definition) is 5. The molecule has 5 heteroatoms. The summed E-state index contributed by atoms with van der Waals surface area (Å²) in [7, 11) is 0. The van der Waals surface area contributed by atoms with E-state index in [1.54, 1.807) is 23.5 Å². The van der Waals surface area contributed by atoms with Crippen molar-refractivity contribution >= 4 is 11.3 Å². The second kappa shape index (κ2) is 6.23. The predicted octanol–water partition coefficient (Wildman–Crippen LogP) is 3.23. The molecule has 2 atom stereocenters. The van der Waals surface area contributed by atoms with E-state index in [2.05, 4.69) is 10.3 Å². The van der Waals surface area contributed by atoms with Gasteiger partial charge in [0.2, 0.25) is 0 Å². The fourth-order valence-corrected chi connectivity index (χ4v) is 4.60. The molecule has 1 heterocycles. The van der Waals surface area contributed by atoms with Gasteiger partial charge in [-0.25, -0.2) is 4.98 Å². The fourth-order valence-electron chi connectivity index (χ4n) is 3.51. The van der Waals surface area contributed by atoms with Crippen LogP contribution in [0.2, 0.25) is 0 Å². The van der Waals surface area contributed by atoms with E-state index < -0.39 is 0 Å². The van der Waals surface area contributed by atoms with Gasteiger partial charge in [-0.05, 0) is 44.2 Å². The highest BCUT2D eigenvalue weighted by molar-refractivity contribution is 7.15. The zero-order valence-corrected chi connectivity index (χ0v) is 13.9. The van der Waals surface area contributed by atoms with E-state index in [0.29, 0.717) is 29.8 Å². The monoisotopic (exact) mass is 329 g/mol. The summed E-state index contributed by atoms with van der Waals surface area (Å²) in [4.78, 5) is 5.90. The van der Waals surface area contributed by atoms with E-state index in [0.717, 1.165) is 23.4 Å². The minimum atomic E-state index is 0.292. The number of thiazole rings is 1. The van der Waals surface area contributed by atoms with Crippen LogP contribution in [0.4, 0.5) is 0 Å². The Balaban J connectivity index is 1.37. The molecule has 0 amide bonds. The number of benzene rings is 1. The highest BCUT2D eigenvalue weighted by atomic mass is 32.1. The molecule has 2 saturated carbocycles. The van der Waals surface area contributed by atoms with E-state index >= 15 is 0 Å². The molecule has 0 unspecified atom stereocenters. The van der Waals surface area contributed by atoms with Crippen molar-refractivity contribution in [3.63, 3.8) is 0 Å². The standard InChI is InChI=1S/C18H23N3OS/c19-12-4-6-13(7-5-12)21-16-9-15(16)17-10-20-18(23-17)11-2-1-3-14(22)8-11/h1-3,8,10,12-13,15-16,21-22H,4-7,9,19H2/t12?,13?,15-,16-/m1/s1. The van der Waals surface area contributed by atoms with Crippen LogP contribution in [0.15, 0.2) is 30.5 Å². The lowest BCUT2D eigenvalue weighted by atomic mass is 9.92. The summed E-state index contributed by atoms with van der Waals surface area (Å²) in [5.41, 5.74) is 6.97. The van der Waals surface area contributed by atoms with Crippen LogP contribution >= 0.6 is 11.3 Å². The minimum absolute atomic E-state index is 0.292. The van der Waals surface area contributed by atoms with Crippen LogP contribution in [0, 0.1) is 0 Å². The number of nitrogens with zero attached hydrogens (tertiary/aromatic N) is 1. The van der Waals surface area contributed by atoms with Gasteiger partial charge < -0.3 is 16.2 Å². The van der Waals surface area contributed by atoms with Crippen molar-refractivity contribution in [3.8, 4) is 16.3 Å². The largest absolute Gasteiger partial charge is 0.508 e. The number of nitrogens with two attached hydrogens (primary N) is 1. The maximum atomic E-state index is 9.60. The molecule has 0 radical (unpaired) electrons. The first-order valence-electron chi connectivity index (χ1n) is 8.46. The van der Waals surface area contributed by atoms with Crippen LogP contribution in [0.1, 0.15) is 42.9 Å². The minimum Gasteiger partial charge on any atom is -0.508 e. The smallest absolute Gasteiger partial charge is 0.123 e. The van der Waals surface area contributed by atoms with E-state index in [1.807, 2.05) is 18.3 Å². The highest BCUT2D eigenvalue weighted by Gasteiger charge is 2.41. The number of phenols is 1. The summed E-state index contributed by atoms with van der Waals surface area (Å²) < 4.78 is 0. The molecule has 4 rings (SSSR count). The topological polar surface area (TPSA) is 71.2 Å². The Kier molecular flexibility index (Phi) is 4.09. The van der Waals surface area contributed by atoms with Gasteiger partial charge in [-0.3, -0.25) is 0 Å². The Morgan fingerprint density at radius 1 is 1.22 bits per heavy atom. The molecule has 2 aliphatic rings. The maximum Gasteiger partial charge on any atom is 0.123 e. The first-order chi connectivity index (χ1) is 11.2. The molecule has 0 spiro atoms. The van der Waals surface area contributed by atoms with Crippen molar-refractivity contribution in [2.75, 3.05) is 0 Å². The maximum absolute atomic E-state index is 9.60. The van der Waals surface area contributed by atoms with Gasteiger partial charge in [-0.2, -0.15) is 0 Å². The van der Waals surface area contributed by atoms with Crippen molar-refractivity contribution in [1.29, 1.82) is 0 Å². The Labute approximate surface area is 140 Å². The van der Waals surface area contributed by atoms with Crippen molar-refractivity contribution in [2.24, 2.45) is 5.73 Å². The van der Waals surface area contributed by atoms with Crippen LogP contribution in [0.25, 0.3) is 10.6 Å². The molecule has 23 heavy (non-hydrogen) atoms. The normalized spacial score (nSPS) is 30.3. The highest BCUT2D eigenvalue weighted by Crippen LogP contribution is 2.45. The van der Waals surface area contributed by atoms with Crippen molar-refractivity contribution < 1.29 is 5.11 Å². The molecule has 122 valence electrons. The SMILES string of the molecule is NC1CCC(N[C@@H]2C[C@H]2c2cnc(-c3cccc(O)c3)s2)CC1. The zero-order chi connectivity index (χ0) is 15.8. The lowest BCUT2D eigenvalue weighted by Crippen LogP contribution is -2.38. The quantitative estimate of drug-likeness (QED) is 0.805. The number of nitrogens with one attached hydrogen (secondary N) is 1. The zero-order valence-electron chi connectivity index (χ0n) is 13.1. The lowest BCUT2D eigenvalue weighted by molar-refractivity contribution is 0.340. The molecule has 0 aliphatic heterocycles. The Hall–Kier alpha value is -1.43. The third-order valence-electron chi connectivity index (χ3n) is 4.99. The van der Waals surface area contributed by atoms with Crippen LogP contribution in [0.5, 0.6) is 5.75 Å². The number of aromatic hydroxyl groups is 1. The summed E-state index contributed by atoms with van der Waals surface area (Å²) in [6.07, 6.45) is 7.94. The molecule has 2 aromatic rings. The van der Waals surface area contributed by atoms with Gasteiger partial charge >= 0.3 is 0 Å². The molecule has 2 aliphatic carbocycles. The molecule has 4 N–H and O–H groups in total. The van der Waals surface area contributed by atoms with Gasteiger partial charge in [0.05, 0.1) is 0 Å². The Bertz CT molecular complexity index is 678. The van der Waals surface area contributed by atoms with Crippen molar-refractivity contribution in [2.45, 2.75) is 56.1 Å². The number of rotatable bonds is 4. The molecular formula is C18H23N3OS. The molecule has 0 bridgehead atoms. The van der Waals surface area contributed by atoms with Gasteiger partial charge in [0.1, 0.15) is 10.8 Å². The fraction of sp³-hybridized carbons (Fsp3) is 0.500. The van der Waals surface area contributed by atoms with E-state index in [-0.39, 0.29) is 0 Å². The molecular weight excluding hydrogens is 306 g/mol. The van der Waals surface area contributed by atoms with Crippen molar-refractivity contribution in [3.05, 3.63) is 35.3 Å². The van der Waals surface area contributed by atoms with Crippen LogP contribution in [-0.2, 0) is 0 Å². The van der Waals surface area contributed by atoms with E-state index in [4.69, 9.17) is 5.73 Å². The first kappa shape index (κ1) is 15.1. The van der Waals surface area contributed by atoms with Gasteiger partial charge in [-0.15, -0.1) is 11.3 Å². The Morgan fingerprint density at radius 2 is 2.04 bits per heavy atom. The summed E-state index contributed by atoms with van der Waals surface area (Å²) in [6.45, 7) is 0. The summed E-state index contributed by atoms with van der Waals surface area (Å²) in [6, 6.07) is 8.98. The summed E-state index contributed by atoms with van der Waals surface area (Å²) >= 11 is 1.75. The average Bonchev–Trinajstić information content (AvgIpc) is 3.13. The molecule has 2 fully saturated rings. The van der Waals surface area contributed by atoms with E-state index in [9.17, 15) is 5.11 Å². The van der Waals surface area contributed by atoms with Gasteiger partial charge in [0.15, 0.2) is 0 Å².